The molecular formula is C12H7ClFNO. The number of hydrogen-bond donors (Lipinski definition) is 0. The molecule has 0 unspecified atom stereocenters. The minimum atomic E-state index is -0.798. The van der Waals surface area contributed by atoms with E-state index in [-0.39, 0.29) is 5.56 Å². The molecule has 4 heteroatoms. The summed E-state index contributed by atoms with van der Waals surface area (Å²) in [6.45, 7) is 0. The summed E-state index contributed by atoms with van der Waals surface area (Å²) in [4.78, 5) is 14.8. The van der Waals surface area contributed by atoms with Crippen LogP contribution in [0.4, 0.5) is 4.39 Å². The van der Waals surface area contributed by atoms with Gasteiger partial charge in [-0.3, -0.25) is 9.78 Å². The molecule has 0 saturated carbocycles. The summed E-state index contributed by atoms with van der Waals surface area (Å²) in [5.74, 6) is -0.603. The Morgan fingerprint density at radius 1 is 1.19 bits per heavy atom. The van der Waals surface area contributed by atoms with Gasteiger partial charge in [0.25, 0.3) is 5.24 Å². The second kappa shape index (κ2) is 4.41. The van der Waals surface area contributed by atoms with Crippen LogP contribution in [-0.2, 0) is 0 Å². The third kappa shape index (κ3) is 1.95. The smallest absolute Gasteiger partial charge is 0.255 e. The summed E-state index contributed by atoms with van der Waals surface area (Å²) in [6, 6.07) is 7.87. The molecule has 0 saturated heterocycles. The Balaban J connectivity index is 2.59. The molecular weight excluding hydrogens is 229 g/mol. The summed E-state index contributed by atoms with van der Waals surface area (Å²) in [5, 5.41) is -0.798. The van der Waals surface area contributed by atoms with Gasteiger partial charge in [0.2, 0.25) is 0 Å². The monoisotopic (exact) mass is 235 g/mol. The van der Waals surface area contributed by atoms with Crippen molar-refractivity contribution in [2.24, 2.45) is 0 Å². The van der Waals surface area contributed by atoms with Crippen LogP contribution in [0.25, 0.3) is 11.1 Å². The van der Waals surface area contributed by atoms with E-state index < -0.39 is 11.1 Å². The molecule has 0 aliphatic rings. The average molecular weight is 236 g/mol. The molecule has 0 N–H and O–H groups in total. The van der Waals surface area contributed by atoms with Gasteiger partial charge in [0.1, 0.15) is 5.82 Å². The van der Waals surface area contributed by atoms with Gasteiger partial charge < -0.3 is 0 Å². The van der Waals surface area contributed by atoms with Gasteiger partial charge in [0.15, 0.2) is 0 Å². The van der Waals surface area contributed by atoms with Crippen molar-refractivity contribution in [2.75, 3.05) is 0 Å². The van der Waals surface area contributed by atoms with E-state index >= 15 is 0 Å². The van der Waals surface area contributed by atoms with Gasteiger partial charge in [-0.2, -0.15) is 0 Å². The van der Waals surface area contributed by atoms with Crippen LogP contribution >= 0.6 is 11.6 Å². The fourth-order valence-electron chi connectivity index (χ4n) is 1.44. The van der Waals surface area contributed by atoms with Crippen LogP contribution in [0, 0.1) is 5.82 Å². The average Bonchev–Trinajstić information content (AvgIpc) is 2.30. The molecule has 2 rings (SSSR count). The van der Waals surface area contributed by atoms with Gasteiger partial charge >= 0.3 is 0 Å². The molecule has 0 aliphatic heterocycles. The van der Waals surface area contributed by atoms with Crippen LogP contribution in [0.3, 0.4) is 0 Å². The Bertz CT molecular complexity index is 528. The summed E-state index contributed by atoms with van der Waals surface area (Å²) < 4.78 is 13.9. The lowest BCUT2D eigenvalue weighted by atomic mass is 10.0. The standard InChI is InChI=1S/C12H7ClFNO/c13-12(16)10-3-1-2-9(11(10)14)8-4-6-15-7-5-8/h1-7H. The Morgan fingerprint density at radius 3 is 2.50 bits per heavy atom. The van der Waals surface area contributed by atoms with Gasteiger partial charge in [-0.1, -0.05) is 12.1 Å². The first-order valence-corrected chi connectivity index (χ1v) is 4.96. The van der Waals surface area contributed by atoms with E-state index in [9.17, 15) is 9.18 Å². The number of pyridine rings is 1. The molecule has 0 atom stereocenters. The molecule has 1 heterocycles. The molecule has 0 fully saturated rings. The van der Waals surface area contributed by atoms with E-state index in [1.165, 1.54) is 6.07 Å². The molecule has 2 aromatic rings. The highest BCUT2D eigenvalue weighted by atomic mass is 35.5. The number of carbonyl (C=O) groups excluding carboxylic acids is 1. The summed E-state index contributed by atoms with van der Waals surface area (Å²) >= 11 is 5.28. The van der Waals surface area contributed by atoms with Gasteiger partial charge in [-0.15, -0.1) is 0 Å². The van der Waals surface area contributed by atoms with Crippen LogP contribution in [0.2, 0.25) is 0 Å². The molecule has 0 amide bonds. The van der Waals surface area contributed by atoms with Crippen molar-refractivity contribution < 1.29 is 9.18 Å². The van der Waals surface area contributed by atoms with Gasteiger partial charge in [-0.25, -0.2) is 4.39 Å². The third-order valence-electron chi connectivity index (χ3n) is 2.20. The van der Waals surface area contributed by atoms with Gasteiger partial charge in [0.05, 0.1) is 5.56 Å². The van der Waals surface area contributed by atoms with Crippen LogP contribution in [0.5, 0.6) is 0 Å². The zero-order valence-electron chi connectivity index (χ0n) is 8.15. The zero-order valence-corrected chi connectivity index (χ0v) is 8.91. The minimum absolute atomic E-state index is 0.115. The maximum Gasteiger partial charge on any atom is 0.255 e. The topological polar surface area (TPSA) is 30.0 Å². The van der Waals surface area contributed by atoms with Crippen molar-refractivity contribution in [2.45, 2.75) is 0 Å². The summed E-state index contributed by atoms with van der Waals surface area (Å²) in [7, 11) is 0. The number of benzene rings is 1. The molecule has 2 nitrogen and oxygen atoms in total. The largest absolute Gasteiger partial charge is 0.275 e. The summed E-state index contributed by atoms with van der Waals surface area (Å²) in [5.41, 5.74) is 0.886. The normalized spacial score (nSPS) is 10.1. The number of hydrogen-bond acceptors (Lipinski definition) is 2. The predicted molar refractivity (Wildman–Crippen MR) is 59.8 cm³/mol. The number of nitrogens with zero attached hydrogens (tertiary/aromatic N) is 1. The van der Waals surface area contributed by atoms with Crippen LogP contribution in [-0.4, -0.2) is 10.2 Å². The maximum atomic E-state index is 13.9. The molecule has 16 heavy (non-hydrogen) atoms. The quantitative estimate of drug-likeness (QED) is 0.748. The van der Waals surface area contributed by atoms with Crippen molar-refractivity contribution in [1.29, 1.82) is 0 Å². The lowest BCUT2D eigenvalue weighted by Crippen LogP contribution is -1.96. The predicted octanol–water partition coefficient (Wildman–Crippen LogP) is 3.27. The first-order valence-electron chi connectivity index (χ1n) is 4.59. The Hall–Kier alpha value is -1.74. The van der Waals surface area contributed by atoms with Crippen LogP contribution < -0.4 is 0 Å². The van der Waals surface area contributed by atoms with Crippen molar-refractivity contribution in [3.8, 4) is 11.1 Å². The van der Waals surface area contributed by atoms with Crippen molar-refractivity contribution in [3.05, 3.63) is 54.1 Å². The van der Waals surface area contributed by atoms with E-state index in [1.54, 1.807) is 36.7 Å². The van der Waals surface area contributed by atoms with Crippen molar-refractivity contribution in [3.63, 3.8) is 0 Å². The fourth-order valence-corrected chi connectivity index (χ4v) is 1.58. The number of carbonyl (C=O) groups is 1. The van der Waals surface area contributed by atoms with E-state index in [2.05, 4.69) is 4.98 Å². The lowest BCUT2D eigenvalue weighted by Gasteiger charge is -2.05. The van der Waals surface area contributed by atoms with Crippen molar-refractivity contribution >= 4 is 16.8 Å². The van der Waals surface area contributed by atoms with E-state index in [4.69, 9.17) is 11.6 Å². The van der Waals surface area contributed by atoms with E-state index in [0.717, 1.165) is 0 Å². The number of halogens is 2. The van der Waals surface area contributed by atoms with Gasteiger partial charge in [0, 0.05) is 18.0 Å². The van der Waals surface area contributed by atoms with E-state index in [1.807, 2.05) is 0 Å². The molecule has 0 spiro atoms. The Kier molecular flexibility index (Phi) is 2.97. The highest BCUT2D eigenvalue weighted by molar-refractivity contribution is 6.67. The molecule has 0 bridgehead atoms. The first kappa shape index (κ1) is 10.8. The lowest BCUT2D eigenvalue weighted by molar-refractivity contribution is 0.107. The SMILES string of the molecule is O=C(Cl)c1cccc(-c2ccncc2)c1F. The van der Waals surface area contributed by atoms with E-state index in [0.29, 0.717) is 11.1 Å². The zero-order chi connectivity index (χ0) is 11.5. The fraction of sp³-hybridized carbons (Fsp3) is 0. The highest BCUT2D eigenvalue weighted by Crippen LogP contribution is 2.25. The van der Waals surface area contributed by atoms with Gasteiger partial charge in [-0.05, 0) is 35.4 Å². The highest BCUT2D eigenvalue weighted by Gasteiger charge is 2.13. The third-order valence-corrected chi connectivity index (χ3v) is 2.41. The molecule has 1 aromatic heterocycles. The second-order valence-electron chi connectivity index (χ2n) is 3.18. The Labute approximate surface area is 96.7 Å². The molecule has 1 aromatic carbocycles. The first-order chi connectivity index (χ1) is 7.70. The van der Waals surface area contributed by atoms with Crippen LogP contribution in [0.1, 0.15) is 10.4 Å². The minimum Gasteiger partial charge on any atom is -0.275 e. The number of rotatable bonds is 2. The van der Waals surface area contributed by atoms with Crippen molar-refractivity contribution in [1.82, 2.24) is 4.98 Å². The van der Waals surface area contributed by atoms with Crippen LogP contribution in [0.15, 0.2) is 42.7 Å². The summed E-state index contributed by atoms with van der Waals surface area (Å²) in [6.07, 6.45) is 3.12. The Morgan fingerprint density at radius 2 is 1.88 bits per heavy atom. The second-order valence-corrected chi connectivity index (χ2v) is 3.52. The molecule has 80 valence electrons. The molecule has 0 aliphatic carbocycles. The number of aromatic nitrogens is 1. The maximum absolute atomic E-state index is 13.9. The molecule has 0 radical (unpaired) electrons.